The Bertz CT molecular complexity index is 1950. The molecule has 0 fully saturated rings. The number of aromatic nitrogens is 5. The lowest BCUT2D eigenvalue weighted by atomic mass is 10.0. The summed E-state index contributed by atoms with van der Waals surface area (Å²) in [5.41, 5.74) is 14.9. The van der Waals surface area contributed by atoms with Crippen molar-refractivity contribution in [2.75, 3.05) is 44.2 Å². The van der Waals surface area contributed by atoms with Gasteiger partial charge in [-0.15, -0.1) is 0 Å². The third kappa shape index (κ3) is 11.8. The summed E-state index contributed by atoms with van der Waals surface area (Å²) >= 11 is 0. The van der Waals surface area contributed by atoms with Crippen LogP contribution in [0.2, 0.25) is 0 Å². The number of ether oxygens (including phenoxy) is 2. The largest absolute Gasteiger partial charge is 0.453 e. The van der Waals surface area contributed by atoms with Crippen molar-refractivity contribution in [2.24, 2.45) is 5.73 Å². The first-order valence-electron chi connectivity index (χ1n) is 18.2. The van der Waals surface area contributed by atoms with Crippen LogP contribution in [0.15, 0.2) is 73.4 Å². The molecule has 2 aromatic carbocycles. The third-order valence-electron chi connectivity index (χ3n) is 8.93. The molecule has 3 aromatic heterocycles. The molecule has 7 rings (SSSR count). The maximum atomic E-state index is 11.7. The van der Waals surface area contributed by atoms with E-state index in [9.17, 15) is 19.2 Å². The van der Waals surface area contributed by atoms with E-state index in [2.05, 4.69) is 119 Å². The molecular weight excluding hydrogens is 702 g/mol. The number of hydrogen-bond acceptors (Lipinski definition) is 9. The number of benzene rings is 2. The van der Waals surface area contributed by atoms with E-state index in [0.717, 1.165) is 60.8 Å². The smallest absolute Gasteiger partial charge is 0.407 e. The molecule has 0 aliphatic carbocycles. The second-order valence-electron chi connectivity index (χ2n) is 12.9. The van der Waals surface area contributed by atoms with Crippen LogP contribution in [-0.2, 0) is 31.9 Å². The number of aromatic amines is 3. The Morgan fingerprint density at radius 1 is 0.964 bits per heavy atom. The first-order chi connectivity index (χ1) is 26.6. The second-order valence-corrected chi connectivity index (χ2v) is 12.9. The van der Waals surface area contributed by atoms with Crippen molar-refractivity contribution in [2.45, 2.75) is 58.4 Å². The average molecular weight is 754 g/mol. The SMILES string of the molecule is CCCCN(C)c1ncc(-c2ccc(-c3ccc(-c4cnc[nH]4)cc3)cc2)[nH]1.COC(=O)NC(C)C=O.COC(N)=O.O=C1CCCc2c[nH]c3c2N1CC3. The average Bonchev–Trinajstić information content (AvgIpc) is 4.04. The number of nitrogens with zero attached hydrogens (tertiary/aromatic N) is 4. The molecule has 2 aliphatic rings. The van der Waals surface area contributed by atoms with Gasteiger partial charge in [0, 0.05) is 44.9 Å². The molecular formula is C40H51N9O6. The predicted octanol–water partition coefficient (Wildman–Crippen LogP) is 6.25. The van der Waals surface area contributed by atoms with Crippen LogP contribution in [0.1, 0.15) is 50.8 Å². The number of imidazole rings is 2. The first-order valence-corrected chi connectivity index (χ1v) is 18.2. The Morgan fingerprint density at radius 2 is 1.60 bits per heavy atom. The topological polar surface area (TPSA) is 204 Å². The number of carbonyl (C=O) groups is 4. The van der Waals surface area contributed by atoms with Gasteiger partial charge < -0.3 is 50.1 Å². The number of methoxy groups -OCH3 is 2. The number of aldehydes is 1. The molecule has 2 aliphatic heterocycles. The highest BCUT2D eigenvalue weighted by atomic mass is 16.5. The van der Waals surface area contributed by atoms with Gasteiger partial charge in [0.15, 0.2) is 0 Å². The minimum absolute atomic E-state index is 0.303. The van der Waals surface area contributed by atoms with Gasteiger partial charge in [-0.05, 0) is 54.0 Å². The van der Waals surface area contributed by atoms with Crippen LogP contribution in [0.3, 0.4) is 0 Å². The second kappa shape index (κ2) is 20.8. The van der Waals surface area contributed by atoms with Crippen molar-refractivity contribution in [3.8, 4) is 33.6 Å². The Kier molecular flexibility index (Phi) is 15.6. The van der Waals surface area contributed by atoms with Gasteiger partial charge >= 0.3 is 12.2 Å². The van der Waals surface area contributed by atoms with E-state index in [-0.39, 0.29) is 0 Å². The van der Waals surface area contributed by atoms with Crippen LogP contribution >= 0.6 is 0 Å². The van der Waals surface area contributed by atoms with Gasteiger partial charge in [-0.3, -0.25) is 4.79 Å². The zero-order valence-electron chi connectivity index (χ0n) is 32.1. The highest BCUT2D eigenvalue weighted by Crippen LogP contribution is 2.35. The minimum Gasteiger partial charge on any atom is -0.453 e. The van der Waals surface area contributed by atoms with Crippen molar-refractivity contribution in [3.05, 3.63) is 84.7 Å². The van der Waals surface area contributed by atoms with Gasteiger partial charge in [-0.1, -0.05) is 61.9 Å². The number of carbonyl (C=O) groups excluding carboxylic acids is 4. The van der Waals surface area contributed by atoms with Crippen molar-refractivity contribution >= 4 is 36.0 Å². The van der Waals surface area contributed by atoms with Crippen LogP contribution in [0, 0.1) is 0 Å². The molecule has 0 saturated carbocycles. The predicted molar refractivity (Wildman–Crippen MR) is 213 cm³/mol. The number of primary amides is 1. The Hall–Kier alpha value is -6.38. The van der Waals surface area contributed by atoms with E-state index in [1.807, 2.05) is 17.3 Å². The van der Waals surface area contributed by atoms with Crippen molar-refractivity contribution < 1.29 is 28.7 Å². The number of H-pyrrole nitrogens is 3. The zero-order chi connectivity index (χ0) is 39.7. The van der Waals surface area contributed by atoms with Gasteiger partial charge in [0.05, 0.1) is 56.1 Å². The normalized spacial score (nSPS) is 12.9. The molecule has 3 amide bonds. The number of aryl methyl sites for hydroxylation is 1. The molecule has 0 spiro atoms. The molecule has 6 N–H and O–H groups in total. The van der Waals surface area contributed by atoms with Crippen LogP contribution < -0.4 is 20.9 Å². The zero-order valence-corrected chi connectivity index (χ0v) is 32.1. The monoisotopic (exact) mass is 753 g/mol. The molecule has 1 atom stereocenters. The number of anilines is 2. The molecule has 0 radical (unpaired) electrons. The first kappa shape index (κ1) is 41.4. The number of nitrogens with one attached hydrogen (secondary N) is 4. The van der Waals surface area contributed by atoms with E-state index in [4.69, 9.17) is 0 Å². The van der Waals surface area contributed by atoms with Gasteiger partial charge in [0.2, 0.25) is 11.9 Å². The van der Waals surface area contributed by atoms with E-state index < -0.39 is 18.2 Å². The molecule has 15 heteroatoms. The number of amides is 3. The maximum absolute atomic E-state index is 11.7. The highest BCUT2D eigenvalue weighted by Gasteiger charge is 2.30. The molecule has 0 saturated heterocycles. The molecule has 1 unspecified atom stereocenters. The summed E-state index contributed by atoms with van der Waals surface area (Å²) in [4.78, 5) is 63.7. The number of unbranched alkanes of at least 4 members (excludes halogenated alkanes) is 1. The van der Waals surface area contributed by atoms with Crippen molar-refractivity contribution in [1.29, 1.82) is 0 Å². The summed E-state index contributed by atoms with van der Waals surface area (Å²) in [6.45, 7) is 5.66. The molecule has 5 aromatic rings. The summed E-state index contributed by atoms with van der Waals surface area (Å²) in [5, 5.41) is 2.25. The van der Waals surface area contributed by atoms with E-state index in [0.29, 0.717) is 18.6 Å². The van der Waals surface area contributed by atoms with Gasteiger partial charge in [0.1, 0.15) is 6.29 Å². The summed E-state index contributed by atoms with van der Waals surface area (Å²) in [5.74, 6) is 1.22. The van der Waals surface area contributed by atoms with Gasteiger partial charge in [-0.25, -0.2) is 19.6 Å². The Balaban J connectivity index is 0.000000204. The van der Waals surface area contributed by atoms with Crippen LogP contribution in [0.25, 0.3) is 33.6 Å². The third-order valence-corrected chi connectivity index (χ3v) is 8.93. The summed E-state index contributed by atoms with van der Waals surface area (Å²) in [6.07, 6.45) is 12.9. The molecule has 5 heterocycles. The lowest BCUT2D eigenvalue weighted by Gasteiger charge is -2.14. The maximum Gasteiger partial charge on any atom is 0.407 e. The Morgan fingerprint density at radius 3 is 2.16 bits per heavy atom. The van der Waals surface area contributed by atoms with E-state index in [1.54, 1.807) is 13.3 Å². The number of alkyl carbamates (subject to hydrolysis) is 1. The molecule has 55 heavy (non-hydrogen) atoms. The van der Waals surface area contributed by atoms with Crippen LogP contribution in [0.4, 0.5) is 21.2 Å². The van der Waals surface area contributed by atoms with Crippen molar-refractivity contribution in [1.82, 2.24) is 30.2 Å². The van der Waals surface area contributed by atoms with Gasteiger partial charge in [0.25, 0.3) is 0 Å². The standard InChI is InChI=1S/C23H25N5.C10H12N2O.C5H9NO3.C2H5NO2/c1-3-4-13-28(2)23-25-15-22(27-23)20-11-7-18(8-12-20)17-5-9-19(10-6-17)21-14-24-16-26-21;13-9-3-1-2-7-6-11-8-4-5-12(9)10(7)8;1-4(3-7)6-5(8)9-2;1-5-2(3)4/h5-12,14-16H,3-4,13H2,1-2H3,(H,24,26)(H,25,27);6,11H,1-5H2;3-4H,1-2H3,(H,6,8);1H3,(H2,3,4). The lowest BCUT2D eigenvalue weighted by Crippen LogP contribution is -2.33. The fourth-order valence-corrected chi connectivity index (χ4v) is 5.90. The van der Waals surface area contributed by atoms with Crippen molar-refractivity contribution in [3.63, 3.8) is 0 Å². The summed E-state index contributed by atoms with van der Waals surface area (Å²) in [6, 6.07) is 16.6. The highest BCUT2D eigenvalue weighted by molar-refractivity contribution is 5.96. The number of nitrogens with two attached hydrogens (primary N) is 1. The lowest BCUT2D eigenvalue weighted by molar-refractivity contribution is -0.118. The fraction of sp³-hybridized carbons (Fsp3) is 0.350. The molecule has 0 bridgehead atoms. The fourth-order valence-electron chi connectivity index (χ4n) is 5.90. The molecule has 292 valence electrons. The van der Waals surface area contributed by atoms with E-state index in [1.165, 1.54) is 55.1 Å². The quantitative estimate of drug-likeness (QED) is 0.108. The van der Waals surface area contributed by atoms with E-state index >= 15 is 0 Å². The summed E-state index contributed by atoms with van der Waals surface area (Å²) < 4.78 is 8.10. The van der Waals surface area contributed by atoms with Crippen LogP contribution in [-0.4, -0.2) is 89.7 Å². The minimum atomic E-state index is -0.745. The molecule has 15 nitrogen and oxygen atoms in total. The Labute approximate surface area is 321 Å². The summed E-state index contributed by atoms with van der Waals surface area (Å²) in [7, 11) is 4.55. The number of rotatable bonds is 9. The van der Waals surface area contributed by atoms with Crippen LogP contribution in [0.5, 0.6) is 0 Å². The number of hydrogen-bond donors (Lipinski definition) is 5. The van der Waals surface area contributed by atoms with Gasteiger partial charge in [-0.2, -0.15) is 0 Å².